The third kappa shape index (κ3) is 1.51. The van der Waals surface area contributed by atoms with Gasteiger partial charge in [-0.3, -0.25) is 4.79 Å². The number of β-lactam (4-membered cyclic amide) rings is 1. The number of benzene rings is 1. The second-order valence-electron chi connectivity index (χ2n) is 5.51. The number of fused-ring (bicyclic) bond motifs is 4. The molecule has 5 nitrogen and oxygen atoms in total. The van der Waals surface area contributed by atoms with Crippen molar-refractivity contribution in [3.8, 4) is 0 Å². The van der Waals surface area contributed by atoms with Crippen LogP contribution >= 0.6 is 0 Å². The van der Waals surface area contributed by atoms with Crippen LogP contribution in [0, 0.1) is 0 Å². The molecule has 3 aliphatic rings. The van der Waals surface area contributed by atoms with Crippen LogP contribution in [0.1, 0.15) is 12.0 Å². The smallest absolute Gasteiger partial charge is 0.254 e. The maximum Gasteiger partial charge on any atom is 0.254 e. The van der Waals surface area contributed by atoms with E-state index in [1.54, 1.807) is 7.11 Å². The number of rotatable bonds is 2. The summed E-state index contributed by atoms with van der Waals surface area (Å²) in [5, 5.41) is 0. The van der Waals surface area contributed by atoms with E-state index in [1.807, 2.05) is 35.2 Å². The zero-order chi connectivity index (χ0) is 13.7. The quantitative estimate of drug-likeness (QED) is 0.752. The molecule has 1 aromatic rings. The number of nitrogens with zero attached hydrogens (tertiary/aromatic N) is 1. The largest absolute Gasteiger partial charge is 0.369 e. The van der Waals surface area contributed by atoms with E-state index in [2.05, 4.69) is 0 Å². The molecule has 0 unspecified atom stereocenters. The van der Waals surface area contributed by atoms with E-state index in [0.717, 1.165) is 5.56 Å². The fourth-order valence-electron chi connectivity index (χ4n) is 3.52. The van der Waals surface area contributed by atoms with Gasteiger partial charge in [0.2, 0.25) is 0 Å². The normalized spacial score (nSPS) is 39.1. The summed E-state index contributed by atoms with van der Waals surface area (Å²) in [6.07, 6.45) is 0.167. The first-order chi connectivity index (χ1) is 9.75. The summed E-state index contributed by atoms with van der Waals surface area (Å²) in [6, 6.07) is 9.95. The van der Waals surface area contributed by atoms with Crippen LogP contribution in [0.4, 0.5) is 0 Å². The van der Waals surface area contributed by atoms with Crippen molar-refractivity contribution in [3.05, 3.63) is 35.9 Å². The molecule has 0 radical (unpaired) electrons. The lowest BCUT2D eigenvalue weighted by Crippen LogP contribution is -2.69. The van der Waals surface area contributed by atoms with Gasteiger partial charge in [0.25, 0.3) is 5.91 Å². The molecule has 0 aliphatic carbocycles. The minimum atomic E-state index is -0.707. The number of carbonyl (C=O) groups excluding carboxylic acids is 1. The van der Waals surface area contributed by atoms with Crippen molar-refractivity contribution >= 4 is 5.91 Å². The Labute approximate surface area is 117 Å². The van der Waals surface area contributed by atoms with Gasteiger partial charge in [0, 0.05) is 25.6 Å². The first-order valence-electron chi connectivity index (χ1n) is 6.96. The van der Waals surface area contributed by atoms with E-state index in [9.17, 15) is 4.79 Å². The Hall–Kier alpha value is -1.43. The Balaban J connectivity index is 1.66. The van der Waals surface area contributed by atoms with Crippen LogP contribution in [0.2, 0.25) is 0 Å². The molecule has 2 bridgehead atoms. The van der Waals surface area contributed by atoms with E-state index in [1.165, 1.54) is 0 Å². The van der Waals surface area contributed by atoms with E-state index in [-0.39, 0.29) is 24.2 Å². The summed E-state index contributed by atoms with van der Waals surface area (Å²) < 4.78 is 17.5. The van der Waals surface area contributed by atoms with Gasteiger partial charge in [0.1, 0.15) is 6.10 Å². The summed E-state index contributed by atoms with van der Waals surface area (Å²) in [5.41, 5.74) is 1.02. The number of hydrogen-bond donors (Lipinski definition) is 0. The second-order valence-corrected chi connectivity index (χ2v) is 5.51. The van der Waals surface area contributed by atoms with Gasteiger partial charge in [-0.25, -0.2) is 0 Å². The van der Waals surface area contributed by atoms with Crippen molar-refractivity contribution in [2.75, 3.05) is 20.3 Å². The van der Waals surface area contributed by atoms with Gasteiger partial charge < -0.3 is 19.1 Å². The van der Waals surface area contributed by atoms with Crippen LogP contribution in [0.5, 0.6) is 0 Å². The zero-order valence-electron chi connectivity index (χ0n) is 11.3. The molecule has 0 spiro atoms. The van der Waals surface area contributed by atoms with E-state index >= 15 is 0 Å². The lowest BCUT2D eigenvalue weighted by Gasteiger charge is -2.47. The minimum Gasteiger partial charge on any atom is -0.369 e. The Morgan fingerprint density at radius 1 is 1.35 bits per heavy atom. The van der Waals surface area contributed by atoms with Crippen LogP contribution in [0.15, 0.2) is 30.3 Å². The number of methoxy groups -OCH3 is 1. The highest BCUT2D eigenvalue weighted by atomic mass is 16.7. The fourth-order valence-corrected chi connectivity index (χ4v) is 3.52. The highest BCUT2D eigenvalue weighted by molar-refractivity contribution is 5.88. The first-order valence-corrected chi connectivity index (χ1v) is 6.96. The van der Waals surface area contributed by atoms with Crippen molar-refractivity contribution in [1.29, 1.82) is 0 Å². The molecule has 1 aromatic carbocycles. The van der Waals surface area contributed by atoms with Gasteiger partial charge in [-0.05, 0) is 0 Å². The minimum absolute atomic E-state index is 0.0133. The predicted molar refractivity (Wildman–Crippen MR) is 69.9 cm³/mol. The van der Waals surface area contributed by atoms with E-state index < -0.39 is 5.79 Å². The summed E-state index contributed by atoms with van der Waals surface area (Å²) in [5.74, 6) is -0.640. The highest BCUT2D eigenvalue weighted by Crippen LogP contribution is 2.45. The molecule has 0 saturated carbocycles. The molecule has 4 rings (SSSR count). The van der Waals surface area contributed by atoms with Crippen LogP contribution < -0.4 is 0 Å². The third-order valence-corrected chi connectivity index (χ3v) is 4.55. The van der Waals surface area contributed by atoms with Crippen molar-refractivity contribution in [2.45, 2.75) is 30.5 Å². The highest BCUT2D eigenvalue weighted by Gasteiger charge is 2.59. The summed E-state index contributed by atoms with van der Waals surface area (Å²) in [7, 11) is 1.57. The molecule has 3 fully saturated rings. The van der Waals surface area contributed by atoms with Gasteiger partial charge in [0.05, 0.1) is 12.6 Å². The molecule has 4 atom stereocenters. The molecule has 5 heteroatoms. The van der Waals surface area contributed by atoms with Gasteiger partial charge in [-0.2, -0.15) is 0 Å². The van der Waals surface area contributed by atoms with Crippen LogP contribution in [0.25, 0.3) is 0 Å². The monoisotopic (exact) mass is 275 g/mol. The van der Waals surface area contributed by atoms with Gasteiger partial charge in [-0.1, -0.05) is 30.3 Å². The Morgan fingerprint density at radius 2 is 2.15 bits per heavy atom. The maximum absolute atomic E-state index is 12.0. The molecule has 3 heterocycles. The van der Waals surface area contributed by atoms with Gasteiger partial charge >= 0.3 is 0 Å². The molecule has 20 heavy (non-hydrogen) atoms. The molecule has 0 aromatic heterocycles. The predicted octanol–water partition coefficient (Wildman–Crippen LogP) is 0.884. The maximum atomic E-state index is 12.0. The Morgan fingerprint density at radius 3 is 2.90 bits per heavy atom. The molecule has 3 aliphatic heterocycles. The SMILES string of the molecule is CO[C@H]1C(=O)N2CC[C@]3(c4ccccc4)OC[C@@H](O3)[C@@H]12. The molecular weight excluding hydrogens is 258 g/mol. The van der Waals surface area contributed by atoms with Crippen molar-refractivity contribution < 1.29 is 19.0 Å². The van der Waals surface area contributed by atoms with Crippen LogP contribution in [-0.4, -0.2) is 49.3 Å². The molecule has 1 amide bonds. The Bertz CT molecular complexity index is 534. The third-order valence-electron chi connectivity index (χ3n) is 4.55. The summed E-state index contributed by atoms with van der Waals surface area (Å²) >= 11 is 0. The summed E-state index contributed by atoms with van der Waals surface area (Å²) in [4.78, 5) is 13.9. The number of carbonyl (C=O) groups is 1. The van der Waals surface area contributed by atoms with Crippen molar-refractivity contribution in [3.63, 3.8) is 0 Å². The Kier molecular flexibility index (Phi) is 2.64. The van der Waals surface area contributed by atoms with Crippen molar-refractivity contribution in [2.24, 2.45) is 0 Å². The standard InChI is InChI=1S/C15H17NO4/c1-18-13-12-11-9-19-15(20-11,7-8-16(12)14(13)17)10-5-3-2-4-6-10/h2-6,11-13H,7-9H2,1H3/t11-,12+,13-,15+/m1/s1. The molecular formula is C15H17NO4. The first kappa shape index (κ1) is 12.3. The second kappa shape index (κ2) is 4.28. The molecule has 106 valence electrons. The number of ether oxygens (including phenoxy) is 3. The number of amides is 1. The van der Waals surface area contributed by atoms with Crippen LogP contribution in [-0.2, 0) is 24.8 Å². The zero-order valence-corrected chi connectivity index (χ0v) is 11.3. The fraction of sp³-hybridized carbons (Fsp3) is 0.533. The van der Waals surface area contributed by atoms with Gasteiger partial charge in [-0.15, -0.1) is 0 Å². The average Bonchev–Trinajstić information content (AvgIpc) is 2.83. The van der Waals surface area contributed by atoms with E-state index in [0.29, 0.717) is 19.6 Å². The topological polar surface area (TPSA) is 48.0 Å². The average molecular weight is 275 g/mol. The number of hydrogen-bond acceptors (Lipinski definition) is 4. The molecule has 3 saturated heterocycles. The lowest BCUT2D eigenvalue weighted by atomic mass is 9.92. The van der Waals surface area contributed by atoms with Crippen molar-refractivity contribution in [1.82, 2.24) is 4.90 Å². The lowest BCUT2D eigenvalue weighted by molar-refractivity contribution is -0.185. The van der Waals surface area contributed by atoms with Gasteiger partial charge in [0.15, 0.2) is 11.9 Å². The summed E-state index contributed by atoms with van der Waals surface area (Å²) in [6.45, 7) is 1.15. The molecule has 0 N–H and O–H groups in total. The van der Waals surface area contributed by atoms with Crippen LogP contribution in [0.3, 0.4) is 0 Å². The van der Waals surface area contributed by atoms with E-state index in [4.69, 9.17) is 14.2 Å².